The molecule has 1 N–H and O–H groups in total. The summed E-state index contributed by atoms with van der Waals surface area (Å²) in [6, 6.07) is 13.4. The lowest BCUT2D eigenvalue weighted by molar-refractivity contribution is 0.596. The smallest absolute Gasteiger partial charge is 0.0366 e. The van der Waals surface area contributed by atoms with Gasteiger partial charge in [0.2, 0.25) is 0 Å². The molecule has 1 aromatic carbocycles. The van der Waals surface area contributed by atoms with Crippen molar-refractivity contribution in [3.05, 3.63) is 55.8 Å². The van der Waals surface area contributed by atoms with Gasteiger partial charge < -0.3 is 5.32 Å². The zero-order valence-corrected chi connectivity index (χ0v) is 12.1. The van der Waals surface area contributed by atoms with Gasteiger partial charge >= 0.3 is 0 Å². The number of rotatable bonds is 4. The van der Waals surface area contributed by atoms with Crippen molar-refractivity contribution in [2.45, 2.75) is 12.5 Å². The van der Waals surface area contributed by atoms with E-state index in [4.69, 9.17) is 0 Å². The summed E-state index contributed by atoms with van der Waals surface area (Å²) in [5.74, 6) is 0. The van der Waals surface area contributed by atoms with Crippen molar-refractivity contribution in [3.63, 3.8) is 0 Å². The van der Waals surface area contributed by atoms with Crippen LogP contribution in [0.25, 0.3) is 0 Å². The Kier molecular flexibility index (Phi) is 4.37. The normalized spacial score (nSPS) is 12.6. The first-order valence-corrected chi connectivity index (χ1v) is 7.20. The summed E-state index contributed by atoms with van der Waals surface area (Å²) in [6.07, 6.45) is 1.06. The fraction of sp³-hybridized carbons (Fsp3) is 0.231. The second-order valence-corrected chi connectivity index (χ2v) is 5.96. The zero-order chi connectivity index (χ0) is 11.4. The monoisotopic (exact) mass is 343 g/mol. The van der Waals surface area contributed by atoms with Gasteiger partial charge in [0, 0.05) is 20.9 Å². The Balaban J connectivity index is 2.16. The maximum atomic E-state index is 3.39. The second-order valence-electron chi connectivity index (χ2n) is 3.68. The number of thiophene rings is 1. The Hall–Kier alpha value is -0.390. The molecule has 0 radical (unpaired) electrons. The number of nitrogens with one attached hydrogen (secondary N) is 1. The van der Waals surface area contributed by atoms with Crippen LogP contribution in [0.4, 0.5) is 0 Å². The Morgan fingerprint density at radius 1 is 1.31 bits per heavy atom. The first kappa shape index (κ1) is 12.1. The van der Waals surface area contributed by atoms with E-state index < -0.39 is 0 Å². The highest BCUT2D eigenvalue weighted by Gasteiger charge is 2.10. The molecule has 84 valence electrons. The summed E-state index contributed by atoms with van der Waals surface area (Å²) in [6.45, 7) is 0. The number of hydrogen-bond donors (Lipinski definition) is 1. The summed E-state index contributed by atoms with van der Waals surface area (Å²) in [5.41, 5.74) is 1.36. The van der Waals surface area contributed by atoms with Crippen LogP contribution in [0.2, 0.25) is 0 Å². The molecule has 0 spiro atoms. The summed E-state index contributed by atoms with van der Waals surface area (Å²) in [4.78, 5) is 1.43. The lowest BCUT2D eigenvalue weighted by atomic mass is 10.0. The maximum Gasteiger partial charge on any atom is 0.0366 e. The predicted molar refractivity (Wildman–Crippen MR) is 79.0 cm³/mol. The van der Waals surface area contributed by atoms with Crippen LogP contribution in [0.3, 0.4) is 0 Å². The highest BCUT2D eigenvalue weighted by atomic mass is 127. The molecule has 1 aromatic heterocycles. The largest absolute Gasteiger partial charge is 0.313 e. The Morgan fingerprint density at radius 3 is 2.81 bits per heavy atom. The summed E-state index contributed by atoms with van der Waals surface area (Å²) < 4.78 is 1.29. The molecule has 0 aliphatic carbocycles. The van der Waals surface area contributed by atoms with E-state index in [-0.39, 0.29) is 0 Å². The molecular formula is C13H14INS. The van der Waals surface area contributed by atoms with Crippen molar-refractivity contribution in [2.24, 2.45) is 0 Å². The third-order valence-corrected chi connectivity index (χ3v) is 4.15. The van der Waals surface area contributed by atoms with Gasteiger partial charge in [0.25, 0.3) is 0 Å². The number of hydrogen-bond acceptors (Lipinski definition) is 2. The van der Waals surface area contributed by atoms with Gasteiger partial charge in [-0.1, -0.05) is 18.2 Å². The second kappa shape index (κ2) is 5.80. The Bertz CT molecular complexity index is 439. The van der Waals surface area contributed by atoms with E-state index in [1.54, 1.807) is 0 Å². The van der Waals surface area contributed by atoms with E-state index in [0.29, 0.717) is 6.04 Å². The molecule has 0 aliphatic heterocycles. The van der Waals surface area contributed by atoms with Crippen LogP contribution >= 0.6 is 33.9 Å². The van der Waals surface area contributed by atoms with Crippen LogP contribution in [0, 0.1) is 3.57 Å². The van der Waals surface area contributed by atoms with Gasteiger partial charge in [0.05, 0.1) is 0 Å². The summed E-state index contributed by atoms with van der Waals surface area (Å²) >= 11 is 4.18. The van der Waals surface area contributed by atoms with Gasteiger partial charge in [-0.2, -0.15) is 0 Å². The topological polar surface area (TPSA) is 12.0 Å². The lowest BCUT2D eigenvalue weighted by Gasteiger charge is -2.16. The van der Waals surface area contributed by atoms with Gasteiger partial charge in [0.15, 0.2) is 0 Å². The lowest BCUT2D eigenvalue weighted by Crippen LogP contribution is -2.18. The van der Waals surface area contributed by atoms with Crippen LogP contribution in [0.5, 0.6) is 0 Å². The molecule has 1 nitrogen and oxygen atoms in total. The summed E-state index contributed by atoms with van der Waals surface area (Å²) in [7, 11) is 2.03. The molecule has 2 aromatic rings. The average molecular weight is 343 g/mol. The minimum atomic E-state index is 0.411. The highest BCUT2D eigenvalue weighted by molar-refractivity contribution is 14.1. The Morgan fingerprint density at radius 2 is 2.19 bits per heavy atom. The van der Waals surface area contributed by atoms with E-state index in [9.17, 15) is 0 Å². The van der Waals surface area contributed by atoms with Crippen molar-refractivity contribution >= 4 is 33.9 Å². The molecule has 0 fully saturated rings. The van der Waals surface area contributed by atoms with Crippen molar-refractivity contribution in [1.29, 1.82) is 0 Å². The average Bonchev–Trinajstić information content (AvgIpc) is 2.78. The predicted octanol–water partition coefficient (Wildman–Crippen LogP) is 3.86. The molecule has 0 amide bonds. The van der Waals surface area contributed by atoms with Crippen LogP contribution in [-0.4, -0.2) is 7.05 Å². The Labute approximate surface area is 114 Å². The van der Waals surface area contributed by atoms with Crippen molar-refractivity contribution in [1.82, 2.24) is 5.32 Å². The number of benzene rings is 1. The van der Waals surface area contributed by atoms with Gasteiger partial charge in [-0.25, -0.2) is 0 Å². The molecule has 3 heteroatoms. The first-order chi connectivity index (χ1) is 7.79. The van der Waals surface area contributed by atoms with Crippen LogP contribution < -0.4 is 5.32 Å². The molecule has 0 bridgehead atoms. The van der Waals surface area contributed by atoms with Crippen LogP contribution in [-0.2, 0) is 6.42 Å². The molecular weight excluding hydrogens is 329 g/mol. The maximum absolute atomic E-state index is 3.39. The van der Waals surface area contributed by atoms with Gasteiger partial charge in [-0.05, 0) is 58.8 Å². The van der Waals surface area contributed by atoms with E-state index in [0.717, 1.165) is 6.42 Å². The van der Waals surface area contributed by atoms with E-state index in [1.165, 1.54) is 14.0 Å². The number of likely N-dealkylation sites (N-methyl/N-ethyl adjacent to an activating group) is 1. The molecule has 0 saturated carbocycles. The first-order valence-electron chi connectivity index (χ1n) is 5.24. The number of halogens is 1. The molecule has 1 unspecified atom stereocenters. The molecule has 1 heterocycles. The summed E-state index contributed by atoms with van der Waals surface area (Å²) in [5, 5.41) is 5.52. The van der Waals surface area contributed by atoms with Gasteiger partial charge in [-0.15, -0.1) is 11.3 Å². The fourth-order valence-corrected chi connectivity index (χ4v) is 3.06. The molecule has 0 saturated heterocycles. The standard InChI is InChI=1S/C13H14INS/c1-15-13(9-12-6-3-7-16-12)10-4-2-5-11(14)8-10/h2-8,13,15H,9H2,1H3. The minimum absolute atomic E-state index is 0.411. The molecule has 0 aliphatic rings. The van der Waals surface area contributed by atoms with Crippen molar-refractivity contribution in [3.8, 4) is 0 Å². The molecule has 2 rings (SSSR count). The highest BCUT2D eigenvalue weighted by Crippen LogP contribution is 2.22. The van der Waals surface area contributed by atoms with Crippen molar-refractivity contribution < 1.29 is 0 Å². The van der Waals surface area contributed by atoms with Crippen molar-refractivity contribution in [2.75, 3.05) is 7.05 Å². The van der Waals surface area contributed by atoms with Crippen LogP contribution in [0.1, 0.15) is 16.5 Å². The van der Waals surface area contributed by atoms with Crippen LogP contribution in [0.15, 0.2) is 41.8 Å². The van der Waals surface area contributed by atoms with E-state index >= 15 is 0 Å². The van der Waals surface area contributed by atoms with Gasteiger partial charge in [0.1, 0.15) is 0 Å². The van der Waals surface area contributed by atoms with E-state index in [1.807, 2.05) is 18.4 Å². The zero-order valence-electron chi connectivity index (χ0n) is 9.11. The quantitative estimate of drug-likeness (QED) is 0.832. The molecule has 16 heavy (non-hydrogen) atoms. The fourth-order valence-electron chi connectivity index (χ4n) is 1.74. The van der Waals surface area contributed by atoms with E-state index in [2.05, 4.69) is 69.7 Å². The SMILES string of the molecule is CNC(Cc1cccs1)c1cccc(I)c1. The molecule has 1 atom stereocenters. The third kappa shape index (κ3) is 3.06. The van der Waals surface area contributed by atoms with Gasteiger partial charge in [-0.3, -0.25) is 0 Å². The third-order valence-electron chi connectivity index (χ3n) is 2.58. The minimum Gasteiger partial charge on any atom is -0.313 e.